The van der Waals surface area contributed by atoms with Crippen LogP contribution in [-0.4, -0.2) is 313 Å². The minimum atomic E-state index is -1.42. The zero-order chi connectivity index (χ0) is 91.7. The van der Waals surface area contributed by atoms with Gasteiger partial charge in [-0.05, 0) is 153 Å². The fourth-order valence-corrected chi connectivity index (χ4v) is 19.9. The van der Waals surface area contributed by atoms with E-state index >= 15 is 0 Å². The van der Waals surface area contributed by atoms with Gasteiger partial charge in [-0.3, -0.25) is 91.5 Å². The smallest absolute Gasteiger partial charge is 0.317 e. The van der Waals surface area contributed by atoms with Crippen molar-refractivity contribution in [1.82, 2.24) is 87.7 Å². The Kier molecular flexibility index (Phi) is 37.9. The minimum Gasteiger partial charge on any atom is -0.480 e. The number of aliphatic carboxylic acids is 3. The zero-order valence-electron chi connectivity index (χ0n) is 73.3. The second-order valence-electron chi connectivity index (χ2n) is 35.7. The molecular weight excluding hydrogens is 1640 g/mol. The number of H-pyrrole nitrogens is 2. The summed E-state index contributed by atoms with van der Waals surface area (Å²) in [6, 6.07) is -1.94. The van der Waals surface area contributed by atoms with Crippen molar-refractivity contribution in [3.63, 3.8) is 0 Å². The van der Waals surface area contributed by atoms with Gasteiger partial charge in [-0.25, -0.2) is 4.98 Å². The minimum absolute atomic E-state index is 0.00738. The number of fused-ring (bicyclic) bond motifs is 6. The van der Waals surface area contributed by atoms with Crippen LogP contribution < -0.4 is 64.6 Å². The van der Waals surface area contributed by atoms with Crippen LogP contribution in [0.4, 0.5) is 0 Å². The van der Waals surface area contributed by atoms with Gasteiger partial charge in [0, 0.05) is 113 Å². The number of imidazole rings is 1. The van der Waals surface area contributed by atoms with E-state index in [1.807, 2.05) is 38.3 Å². The van der Waals surface area contributed by atoms with E-state index in [9.17, 15) is 97.5 Å². The number of carboxylic acid groups (broad SMARTS) is 3. The first-order chi connectivity index (χ1) is 59.2. The summed E-state index contributed by atoms with van der Waals surface area (Å²) in [6.45, 7) is 14.2. The average Bonchev–Trinajstić information content (AvgIpc) is 1.66. The third kappa shape index (κ3) is 28.6. The first-order valence-corrected chi connectivity index (χ1v) is 45.0. The number of nitrogens with two attached hydrogens (primary N) is 2. The molecule has 0 radical (unpaired) electrons. The Morgan fingerprint density at radius 2 is 1.15 bits per heavy atom. The molecule has 5 fully saturated rings. The van der Waals surface area contributed by atoms with Crippen LogP contribution in [0, 0.1) is 58.2 Å². The molecule has 4 saturated carbocycles. The van der Waals surface area contributed by atoms with E-state index in [1.54, 1.807) is 52.6 Å². The number of hydrogen-bond acceptors (Lipinski definition) is 23. The summed E-state index contributed by atoms with van der Waals surface area (Å²) in [7, 11) is 0. The number of aromatic nitrogens is 3. The van der Waals surface area contributed by atoms with E-state index in [1.165, 1.54) is 31.2 Å². The molecule has 0 spiro atoms. The summed E-state index contributed by atoms with van der Waals surface area (Å²) in [5.41, 5.74) is 12.1. The fraction of sp³-hybridized carbons (Fsp3) is 0.694. The first-order valence-electron chi connectivity index (χ1n) is 43.7. The SMILES string of the molecule is CC[C@H](C)C(NC(=O)C(Cc1cnc[nH]1)NC(=O)CNC(=O)[C@@H](NC(=O)C(C)NC(=O)C(Cc1c[nH]c2ccccc12)NC(=O)C(CCC(N)=O)NC(=O)CC[C@@H](C)C1CCC2C3C(C[C@H](O)C21C)C1(C)CCC(NC(=O)CNC(=O)CN2CCN(CC(=O)O)CCN(CC(=O)O)CCN(CC(=O)O)CC2)CC1C[C@H]3O)C(C)C)C(=O)N[C@@H](CCSC)C(N)=O. The number of amides is 12. The Labute approximate surface area is 733 Å². The lowest BCUT2D eigenvalue weighted by molar-refractivity contribution is -0.202. The summed E-state index contributed by atoms with van der Waals surface area (Å²) >= 11 is 1.46. The molecular formula is C85H133N19O20S. The number of primary amides is 2. The Morgan fingerprint density at radius 3 is 1.74 bits per heavy atom. The number of benzene rings is 1. The van der Waals surface area contributed by atoms with Crippen LogP contribution in [0.2, 0.25) is 0 Å². The number of aliphatic hydroxyl groups is 2. The van der Waals surface area contributed by atoms with Crippen molar-refractivity contribution >= 4 is 111 Å². The molecule has 40 heteroatoms. The van der Waals surface area contributed by atoms with E-state index in [0.717, 1.165) is 23.7 Å². The number of aliphatic hydroxyl groups excluding tert-OH is 2. The van der Waals surface area contributed by atoms with Gasteiger partial charge in [0.15, 0.2) is 0 Å². The number of para-hydroxylation sites is 1. The fourth-order valence-electron chi connectivity index (χ4n) is 19.5. The number of carbonyl (C=O) groups excluding carboxylic acids is 12. The average molecular weight is 1770 g/mol. The molecule has 3 aromatic rings. The Balaban J connectivity index is 0.845. The molecule has 1 aromatic carbocycles. The highest BCUT2D eigenvalue weighted by atomic mass is 32.2. The molecule has 13 unspecified atom stereocenters. The van der Waals surface area contributed by atoms with Gasteiger partial charge in [-0.2, -0.15) is 11.8 Å². The van der Waals surface area contributed by atoms with Crippen LogP contribution in [0.15, 0.2) is 43.0 Å². The monoisotopic (exact) mass is 1770 g/mol. The molecule has 1 saturated heterocycles. The highest BCUT2D eigenvalue weighted by Gasteiger charge is 2.66. The first kappa shape index (κ1) is 101. The van der Waals surface area contributed by atoms with Crippen molar-refractivity contribution in [2.75, 3.05) is 104 Å². The van der Waals surface area contributed by atoms with Gasteiger partial charge in [-0.1, -0.05) is 73.1 Å². The number of carbonyl (C=O) groups is 15. The number of aromatic amines is 2. The lowest BCUT2D eigenvalue weighted by atomic mass is 9.43. The van der Waals surface area contributed by atoms with Crippen LogP contribution in [0.5, 0.6) is 0 Å². The van der Waals surface area contributed by atoms with Crippen LogP contribution in [0.25, 0.3) is 10.9 Å². The van der Waals surface area contributed by atoms with Crippen molar-refractivity contribution in [2.24, 2.45) is 69.6 Å². The lowest BCUT2D eigenvalue weighted by Crippen LogP contribution is -2.63. The molecule has 2 aromatic heterocycles. The summed E-state index contributed by atoms with van der Waals surface area (Å²) < 4.78 is 0. The number of hydrogen-bond donors (Lipinski definition) is 19. The standard InChI is InChI=1S/C85H133N19O20S/c1-10-48(4)76(83(124)97-60(77(87)118)22-32-125-9)100-81(122)63(36-54-39-88-46-92-54)96-69(110)41-91-82(123)75(47(2)3)99-78(119)50(6)93-80(121)62(33-51-38-89-59-14-12-11-13-55(51)59)98-79(120)61(18-19-66(86)107)95-67(108)20-15-49(5)56-16-17-57-74-58(37-65(106)85(56,57)8)84(7)23-21-53(34-52(84)35-64(74)105)94-68(109)40-90-70(111)42-101-24-26-102(43-71(112)113)28-30-104(45-73(116)117)31-29-103(27-25-101)44-72(114)115/h11-14,38-39,46-50,52-53,56-58,60-65,74-76,89,105-106H,10,15-37,40-45H2,1-9H3,(H2,86,107)(H2,87,118)(H,88,92)(H,90,111)(H,91,123)(H,93,121)(H,94,109)(H,95,108)(H,96,110)(H,97,124)(H,98,120)(H,99,119)(H,100,122)(H,112,113)(H,114,115)(H,116,117)/t48-,49+,50?,52?,53?,56?,57?,58?,60-,61?,62?,63?,64+,65-,74?,75-,76?,84?,85?/m0/s1. The molecule has 8 rings (SSSR count). The van der Waals surface area contributed by atoms with Crippen LogP contribution in [0.3, 0.4) is 0 Å². The largest absolute Gasteiger partial charge is 0.480 e. The summed E-state index contributed by atoms with van der Waals surface area (Å²) in [5, 5.41) is 81.7. The van der Waals surface area contributed by atoms with Crippen LogP contribution >= 0.6 is 11.8 Å². The predicted molar refractivity (Wildman–Crippen MR) is 461 cm³/mol. The Bertz CT molecular complexity index is 4200. The number of nitrogens with one attached hydrogen (secondary N) is 12. The van der Waals surface area contributed by atoms with E-state index < -0.39 is 167 Å². The van der Waals surface area contributed by atoms with Gasteiger partial charge in [0.1, 0.15) is 42.3 Å². The molecule has 19 atom stereocenters. The molecule has 3 heterocycles. The topological polar surface area (TPSA) is 587 Å². The normalized spacial score (nSPS) is 24.8. The van der Waals surface area contributed by atoms with E-state index in [4.69, 9.17) is 11.5 Å². The second-order valence-corrected chi connectivity index (χ2v) is 36.6. The van der Waals surface area contributed by atoms with Gasteiger partial charge in [-0.15, -0.1) is 0 Å². The summed E-state index contributed by atoms with van der Waals surface area (Å²) in [4.78, 5) is 217. The van der Waals surface area contributed by atoms with Gasteiger partial charge in [0.2, 0.25) is 70.9 Å². The van der Waals surface area contributed by atoms with E-state index in [-0.39, 0.29) is 171 Å². The Morgan fingerprint density at radius 1 is 0.576 bits per heavy atom. The quantitative estimate of drug-likeness (QED) is 0.0306. The lowest BCUT2D eigenvalue weighted by Gasteiger charge is -2.63. The molecule has 5 aliphatic rings. The number of carboxylic acids is 3. The second kappa shape index (κ2) is 47.1. The third-order valence-corrected chi connectivity index (χ3v) is 27.4. The van der Waals surface area contributed by atoms with Crippen molar-refractivity contribution in [3.8, 4) is 0 Å². The molecule has 12 amide bonds. The molecule has 39 nitrogen and oxygen atoms in total. The highest BCUT2D eigenvalue weighted by Crippen LogP contribution is 2.68. The maximum absolute atomic E-state index is 14.7. The summed E-state index contributed by atoms with van der Waals surface area (Å²) in [5.74, 6) is -12.6. The maximum Gasteiger partial charge on any atom is 0.317 e. The van der Waals surface area contributed by atoms with E-state index in [2.05, 4.69) is 82.0 Å². The van der Waals surface area contributed by atoms with Crippen LogP contribution in [-0.2, 0) is 84.8 Å². The number of nitrogens with zero attached hydrogens (tertiary/aromatic N) is 5. The molecule has 0 bridgehead atoms. The van der Waals surface area contributed by atoms with Crippen molar-refractivity contribution in [2.45, 2.75) is 212 Å². The molecule has 21 N–H and O–H groups in total. The summed E-state index contributed by atoms with van der Waals surface area (Å²) in [6.07, 6.45) is 9.26. The molecule has 125 heavy (non-hydrogen) atoms. The van der Waals surface area contributed by atoms with Gasteiger partial charge in [0.05, 0.1) is 57.8 Å². The molecule has 1 aliphatic heterocycles. The van der Waals surface area contributed by atoms with Crippen molar-refractivity contribution in [1.29, 1.82) is 0 Å². The van der Waals surface area contributed by atoms with E-state index in [0.29, 0.717) is 62.0 Å². The van der Waals surface area contributed by atoms with Crippen molar-refractivity contribution in [3.05, 3.63) is 54.2 Å². The molecule has 4 aliphatic carbocycles. The third-order valence-electron chi connectivity index (χ3n) is 26.7. The Hall–Kier alpha value is -9.87. The predicted octanol–water partition coefficient (Wildman–Crippen LogP) is -1.49. The van der Waals surface area contributed by atoms with Gasteiger partial charge in [0.25, 0.3) is 0 Å². The maximum atomic E-state index is 14.7. The number of rotatable bonds is 44. The van der Waals surface area contributed by atoms with Gasteiger partial charge >= 0.3 is 17.9 Å². The zero-order valence-corrected chi connectivity index (χ0v) is 74.1. The van der Waals surface area contributed by atoms with Crippen molar-refractivity contribution < 1.29 is 97.5 Å². The molecule has 694 valence electrons. The van der Waals surface area contributed by atoms with Gasteiger partial charge < -0.3 is 100 Å². The number of thioether (sulfide) groups is 1. The van der Waals surface area contributed by atoms with Crippen LogP contribution in [0.1, 0.15) is 150 Å². The highest BCUT2D eigenvalue weighted by molar-refractivity contribution is 7.98.